The molecule has 1 unspecified atom stereocenters. The lowest BCUT2D eigenvalue weighted by Gasteiger charge is -2.29. The Kier molecular flexibility index (Phi) is 3.48. The Morgan fingerprint density at radius 1 is 1.47 bits per heavy atom. The molecule has 1 aliphatic heterocycles. The molecule has 0 radical (unpaired) electrons. The van der Waals surface area contributed by atoms with Gasteiger partial charge in [-0.3, -0.25) is 0 Å². The van der Waals surface area contributed by atoms with Gasteiger partial charge in [-0.05, 0) is 43.5 Å². The highest BCUT2D eigenvalue weighted by Gasteiger charge is 2.29. The second-order valence-electron chi connectivity index (χ2n) is 4.64. The molecule has 0 aliphatic carbocycles. The van der Waals surface area contributed by atoms with E-state index in [9.17, 15) is 9.50 Å². The van der Waals surface area contributed by atoms with Crippen LogP contribution in [-0.4, -0.2) is 17.3 Å². The van der Waals surface area contributed by atoms with Gasteiger partial charge in [-0.15, -0.1) is 0 Å². The predicted octanol–water partition coefficient (Wildman–Crippen LogP) is 2.81. The maximum absolute atomic E-state index is 13.1. The fourth-order valence-corrected chi connectivity index (χ4v) is 2.06. The normalized spacial score (nSPS) is 19.1. The van der Waals surface area contributed by atoms with Crippen LogP contribution in [0.4, 0.5) is 4.39 Å². The highest BCUT2D eigenvalue weighted by molar-refractivity contribution is 5.22. The standard InChI is InChI=1S/C14H17FO2/c1-14(16,13-7-2-3-8-17-13)10-11-5-4-6-12(15)9-11/h4-7,9,16H,2-3,8,10H2,1H3. The Labute approximate surface area is 101 Å². The van der Waals surface area contributed by atoms with Gasteiger partial charge < -0.3 is 9.84 Å². The molecule has 1 heterocycles. The van der Waals surface area contributed by atoms with Crippen molar-refractivity contribution in [3.63, 3.8) is 0 Å². The Morgan fingerprint density at radius 2 is 2.29 bits per heavy atom. The molecule has 1 aromatic rings. The number of allylic oxidation sites excluding steroid dienone is 1. The smallest absolute Gasteiger partial charge is 0.124 e. The van der Waals surface area contributed by atoms with Gasteiger partial charge in [-0.25, -0.2) is 4.39 Å². The lowest BCUT2D eigenvalue weighted by Crippen LogP contribution is -2.32. The van der Waals surface area contributed by atoms with Crippen molar-refractivity contribution >= 4 is 0 Å². The van der Waals surface area contributed by atoms with Crippen LogP contribution in [0.25, 0.3) is 0 Å². The first kappa shape index (κ1) is 12.1. The minimum Gasteiger partial charge on any atom is -0.495 e. The molecule has 17 heavy (non-hydrogen) atoms. The molecule has 0 aromatic heterocycles. The van der Waals surface area contributed by atoms with Crippen molar-refractivity contribution in [1.82, 2.24) is 0 Å². The van der Waals surface area contributed by atoms with Crippen molar-refractivity contribution in [2.75, 3.05) is 6.61 Å². The largest absolute Gasteiger partial charge is 0.495 e. The Bertz CT molecular complexity index is 424. The van der Waals surface area contributed by atoms with E-state index < -0.39 is 5.60 Å². The lowest BCUT2D eigenvalue weighted by atomic mass is 9.93. The van der Waals surface area contributed by atoms with E-state index >= 15 is 0 Å². The van der Waals surface area contributed by atoms with Crippen molar-refractivity contribution in [3.05, 3.63) is 47.5 Å². The van der Waals surface area contributed by atoms with Gasteiger partial charge in [0.2, 0.25) is 0 Å². The van der Waals surface area contributed by atoms with E-state index in [0.717, 1.165) is 18.4 Å². The average Bonchev–Trinajstić information content (AvgIpc) is 2.29. The van der Waals surface area contributed by atoms with E-state index in [2.05, 4.69) is 0 Å². The third-order valence-corrected chi connectivity index (χ3v) is 2.90. The molecule has 0 saturated carbocycles. The van der Waals surface area contributed by atoms with Crippen molar-refractivity contribution in [3.8, 4) is 0 Å². The van der Waals surface area contributed by atoms with Crippen LogP contribution in [0.2, 0.25) is 0 Å². The second-order valence-corrected chi connectivity index (χ2v) is 4.64. The summed E-state index contributed by atoms with van der Waals surface area (Å²) in [6.07, 6.45) is 4.19. The summed E-state index contributed by atoms with van der Waals surface area (Å²) in [6, 6.07) is 6.30. The third-order valence-electron chi connectivity index (χ3n) is 2.90. The van der Waals surface area contributed by atoms with Crippen LogP contribution >= 0.6 is 0 Å². The predicted molar refractivity (Wildman–Crippen MR) is 64.0 cm³/mol. The lowest BCUT2D eigenvalue weighted by molar-refractivity contribution is 0.0184. The van der Waals surface area contributed by atoms with E-state index in [4.69, 9.17) is 4.74 Å². The molecular formula is C14H17FO2. The minimum absolute atomic E-state index is 0.281. The van der Waals surface area contributed by atoms with E-state index in [1.165, 1.54) is 12.1 Å². The highest BCUT2D eigenvalue weighted by atomic mass is 19.1. The first-order valence-electron chi connectivity index (χ1n) is 5.88. The quantitative estimate of drug-likeness (QED) is 0.874. The number of halogens is 1. The number of hydrogen-bond donors (Lipinski definition) is 1. The number of ether oxygens (including phenoxy) is 1. The first-order valence-corrected chi connectivity index (χ1v) is 5.88. The zero-order chi connectivity index (χ0) is 12.3. The maximum atomic E-state index is 13.1. The van der Waals surface area contributed by atoms with Gasteiger partial charge in [0.25, 0.3) is 0 Å². The molecule has 3 heteroatoms. The number of aliphatic hydroxyl groups is 1. The molecule has 1 atom stereocenters. The molecule has 0 amide bonds. The summed E-state index contributed by atoms with van der Waals surface area (Å²) >= 11 is 0. The number of rotatable bonds is 3. The summed E-state index contributed by atoms with van der Waals surface area (Å²) in [5.41, 5.74) is -0.293. The van der Waals surface area contributed by atoms with E-state index in [1.807, 2.05) is 6.08 Å². The maximum Gasteiger partial charge on any atom is 0.124 e. The third kappa shape index (κ3) is 3.07. The van der Waals surface area contributed by atoms with Crippen molar-refractivity contribution in [2.24, 2.45) is 0 Å². The molecule has 92 valence electrons. The zero-order valence-electron chi connectivity index (χ0n) is 9.95. The van der Waals surface area contributed by atoms with Gasteiger partial charge in [0.15, 0.2) is 0 Å². The van der Waals surface area contributed by atoms with E-state index in [1.54, 1.807) is 19.1 Å². The molecule has 0 bridgehead atoms. The van der Waals surface area contributed by atoms with Crippen molar-refractivity contribution < 1.29 is 14.2 Å². The van der Waals surface area contributed by atoms with Crippen molar-refractivity contribution in [2.45, 2.75) is 31.8 Å². The van der Waals surface area contributed by atoms with Crippen LogP contribution < -0.4 is 0 Å². The molecule has 1 N–H and O–H groups in total. The highest BCUT2D eigenvalue weighted by Crippen LogP contribution is 2.26. The van der Waals surface area contributed by atoms with Crippen LogP contribution in [0.1, 0.15) is 25.3 Å². The topological polar surface area (TPSA) is 29.5 Å². The SMILES string of the molecule is CC(O)(Cc1cccc(F)c1)C1=CCCCO1. The summed E-state index contributed by atoms with van der Waals surface area (Å²) in [7, 11) is 0. The van der Waals surface area contributed by atoms with E-state index in [-0.39, 0.29) is 5.82 Å². The summed E-state index contributed by atoms with van der Waals surface area (Å²) in [5, 5.41) is 10.4. The fraction of sp³-hybridized carbons (Fsp3) is 0.429. The Morgan fingerprint density at radius 3 is 2.94 bits per heavy atom. The molecule has 2 rings (SSSR count). The number of benzene rings is 1. The molecular weight excluding hydrogens is 219 g/mol. The second kappa shape index (κ2) is 4.88. The van der Waals surface area contributed by atoms with Crippen LogP contribution in [0, 0.1) is 5.82 Å². The van der Waals surface area contributed by atoms with E-state index in [0.29, 0.717) is 18.8 Å². The molecule has 0 spiro atoms. The van der Waals surface area contributed by atoms with Gasteiger partial charge >= 0.3 is 0 Å². The van der Waals surface area contributed by atoms with Gasteiger partial charge in [0.1, 0.15) is 17.2 Å². The fourth-order valence-electron chi connectivity index (χ4n) is 2.06. The van der Waals surface area contributed by atoms with Gasteiger partial charge in [0.05, 0.1) is 6.61 Å². The molecule has 1 aliphatic rings. The van der Waals surface area contributed by atoms with Crippen molar-refractivity contribution in [1.29, 1.82) is 0 Å². The minimum atomic E-state index is -1.06. The molecule has 0 saturated heterocycles. The van der Waals surface area contributed by atoms with Gasteiger partial charge in [-0.2, -0.15) is 0 Å². The Balaban J connectivity index is 2.13. The van der Waals surface area contributed by atoms with Gasteiger partial charge in [-0.1, -0.05) is 12.1 Å². The van der Waals surface area contributed by atoms with Crippen LogP contribution in [0.3, 0.4) is 0 Å². The number of hydrogen-bond acceptors (Lipinski definition) is 2. The van der Waals surface area contributed by atoms with Crippen LogP contribution in [0.15, 0.2) is 36.1 Å². The summed E-state index contributed by atoms with van der Waals surface area (Å²) in [5.74, 6) is 0.324. The molecule has 0 fully saturated rings. The molecule has 2 nitrogen and oxygen atoms in total. The van der Waals surface area contributed by atoms with Gasteiger partial charge in [0, 0.05) is 6.42 Å². The summed E-state index contributed by atoms with van der Waals surface area (Å²) in [6.45, 7) is 2.35. The van der Waals surface area contributed by atoms with Crippen LogP contribution in [0.5, 0.6) is 0 Å². The summed E-state index contributed by atoms with van der Waals surface area (Å²) in [4.78, 5) is 0. The van der Waals surface area contributed by atoms with Crippen LogP contribution in [-0.2, 0) is 11.2 Å². The zero-order valence-corrected chi connectivity index (χ0v) is 9.95. The first-order chi connectivity index (χ1) is 8.08. The Hall–Kier alpha value is -1.35. The summed E-state index contributed by atoms with van der Waals surface area (Å²) < 4.78 is 18.5. The monoisotopic (exact) mass is 236 g/mol. The average molecular weight is 236 g/mol. The molecule has 1 aromatic carbocycles.